The summed E-state index contributed by atoms with van der Waals surface area (Å²) in [4.78, 5) is 48.4. The van der Waals surface area contributed by atoms with E-state index in [-0.39, 0.29) is 29.8 Å². The second kappa shape index (κ2) is 9.88. The van der Waals surface area contributed by atoms with Gasteiger partial charge in [0.05, 0.1) is 0 Å². The molecular weight excluding hydrogens is 464 g/mol. The maximum absolute atomic E-state index is 13.0. The molecule has 174 valence electrons. The van der Waals surface area contributed by atoms with Crippen LogP contribution in [0.2, 0.25) is 5.02 Å². The highest BCUT2D eigenvalue weighted by Crippen LogP contribution is 2.29. The van der Waals surface area contributed by atoms with Crippen molar-refractivity contribution in [3.63, 3.8) is 0 Å². The second-order valence-corrected chi connectivity index (χ2v) is 9.40. The van der Waals surface area contributed by atoms with Gasteiger partial charge in [-0.2, -0.15) is 4.98 Å². The van der Waals surface area contributed by atoms with Crippen molar-refractivity contribution in [1.82, 2.24) is 19.9 Å². The average Bonchev–Trinajstić information content (AvgIpc) is 3.24. The standard InChI is InChI=1S/C22H25ClN6O3S/c1-3-24-20(31)14-6-8-28(9-7-14)22-27-19-18(33-22)21(32)29(12-25-19)11-17(30)26-16-10-15(23)5-4-13(16)2/h4-5,10,12,14H,3,6-9,11H2,1-2H3,(H,24,31)(H,26,30). The quantitative estimate of drug-likeness (QED) is 0.552. The van der Waals surface area contributed by atoms with E-state index in [0.717, 1.165) is 18.4 Å². The van der Waals surface area contributed by atoms with E-state index in [1.54, 1.807) is 12.1 Å². The van der Waals surface area contributed by atoms with E-state index in [1.165, 1.54) is 22.2 Å². The number of amides is 2. The molecule has 0 bridgehead atoms. The lowest BCUT2D eigenvalue weighted by molar-refractivity contribution is -0.125. The van der Waals surface area contributed by atoms with E-state index in [4.69, 9.17) is 11.6 Å². The van der Waals surface area contributed by atoms with Gasteiger partial charge in [-0.1, -0.05) is 29.0 Å². The molecule has 1 saturated heterocycles. The van der Waals surface area contributed by atoms with Gasteiger partial charge >= 0.3 is 0 Å². The molecule has 2 aromatic heterocycles. The van der Waals surface area contributed by atoms with Crippen molar-refractivity contribution >= 4 is 55.9 Å². The third-order valence-electron chi connectivity index (χ3n) is 5.65. The first-order valence-electron chi connectivity index (χ1n) is 10.8. The Hall–Kier alpha value is -2.98. The van der Waals surface area contributed by atoms with Crippen LogP contribution in [0.4, 0.5) is 10.8 Å². The van der Waals surface area contributed by atoms with Gasteiger partial charge in [0.1, 0.15) is 17.6 Å². The Labute approximate surface area is 199 Å². The molecule has 0 radical (unpaired) electrons. The summed E-state index contributed by atoms with van der Waals surface area (Å²) in [5.74, 6) is -0.245. The van der Waals surface area contributed by atoms with Gasteiger partial charge in [0.15, 0.2) is 10.8 Å². The second-order valence-electron chi connectivity index (χ2n) is 7.99. The van der Waals surface area contributed by atoms with Crippen molar-refractivity contribution in [2.24, 2.45) is 5.92 Å². The van der Waals surface area contributed by atoms with Crippen molar-refractivity contribution in [2.75, 3.05) is 29.9 Å². The molecule has 2 N–H and O–H groups in total. The van der Waals surface area contributed by atoms with Gasteiger partial charge in [-0.15, -0.1) is 0 Å². The summed E-state index contributed by atoms with van der Waals surface area (Å²) < 4.78 is 1.69. The maximum atomic E-state index is 13.0. The first-order valence-corrected chi connectivity index (χ1v) is 12.0. The van der Waals surface area contributed by atoms with Crippen LogP contribution in [-0.4, -0.2) is 46.0 Å². The highest BCUT2D eigenvalue weighted by Gasteiger charge is 2.26. The minimum atomic E-state index is -0.346. The van der Waals surface area contributed by atoms with E-state index in [0.29, 0.717) is 45.8 Å². The molecule has 0 saturated carbocycles. The Morgan fingerprint density at radius 1 is 1.27 bits per heavy atom. The van der Waals surface area contributed by atoms with Crippen LogP contribution in [0.1, 0.15) is 25.3 Å². The zero-order chi connectivity index (χ0) is 23.5. The molecule has 0 unspecified atom stereocenters. The van der Waals surface area contributed by atoms with Crippen LogP contribution in [0.15, 0.2) is 29.3 Å². The number of aromatic nitrogens is 3. The number of benzene rings is 1. The van der Waals surface area contributed by atoms with Crippen LogP contribution in [0.5, 0.6) is 0 Å². The lowest BCUT2D eigenvalue weighted by Gasteiger charge is -2.30. The number of fused-ring (bicyclic) bond motifs is 1. The fourth-order valence-electron chi connectivity index (χ4n) is 3.81. The first-order chi connectivity index (χ1) is 15.9. The number of piperidine rings is 1. The zero-order valence-electron chi connectivity index (χ0n) is 18.4. The van der Waals surface area contributed by atoms with Gasteiger partial charge < -0.3 is 15.5 Å². The summed E-state index contributed by atoms with van der Waals surface area (Å²) in [6.45, 7) is 5.62. The number of nitrogens with one attached hydrogen (secondary N) is 2. The summed E-state index contributed by atoms with van der Waals surface area (Å²) >= 11 is 7.28. The van der Waals surface area contributed by atoms with Gasteiger partial charge in [-0.05, 0) is 44.4 Å². The molecule has 1 fully saturated rings. The molecule has 0 atom stereocenters. The van der Waals surface area contributed by atoms with E-state index < -0.39 is 0 Å². The molecule has 1 aromatic carbocycles. The SMILES string of the molecule is CCNC(=O)C1CCN(c2nc3ncn(CC(=O)Nc4cc(Cl)ccc4C)c(=O)c3s2)CC1. The van der Waals surface area contributed by atoms with E-state index in [2.05, 4.69) is 25.5 Å². The predicted molar refractivity (Wildman–Crippen MR) is 130 cm³/mol. The molecule has 0 spiro atoms. The number of carbonyl (C=O) groups is 2. The Morgan fingerprint density at radius 2 is 2.03 bits per heavy atom. The van der Waals surface area contributed by atoms with E-state index >= 15 is 0 Å². The molecule has 3 aromatic rings. The molecule has 3 heterocycles. The predicted octanol–water partition coefficient (Wildman–Crippen LogP) is 2.81. The molecular formula is C22H25ClN6O3S. The number of halogens is 1. The van der Waals surface area contributed by atoms with E-state index in [9.17, 15) is 14.4 Å². The summed E-state index contributed by atoms with van der Waals surface area (Å²) in [5, 5.41) is 6.89. The Balaban J connectivity index is 1.46. The Kier molecular flexibility index (Phi) is 6.94. The molecule has 9 nitrogen and oxygen atoms in total. The summed E-state index contributed by atoms with van der Waals surface area (Å²) in [6, 6.07) is 5.23. The fourth-order valence-corrected chi connectivity index (χ4v) is 5.00. The summed E-state index contributed by atoms with van der Waals surface area (Å²) in [7, 11) is 0. The number of hydrogen-bond acceptors (Lipinski definition) is 7. The molecule has 2 amide bonds. The van der Waals surface area contributed by atoms with Crippen molar-refractivity contribution in [2.45, 2.75) is 33.2 Å². The van der Waals surface area contributed by atoms with Gasteiger partial charge in [0.25, 0.3) is 5.56 Å². The molecule has 11 heteroatoms. The van der Waals surface area contributed by atoms with Gasteiger partial charge in [0, 0.05) is 36.3 Å². The van der Waals surface area contributed by atoms with Crippen molar-refractivity contribution < 1.29 is 9.59 Å². The molecule has 0 aliphatic carbocycles. The summed E-state index contributed by atoms with van der Waals surface area (Å²) in [5.41, 5.74) is 1.54. The maximum Gasteiger partial charge on any atom is 0.273 e. The third-order valence-corrected chi connectivity index (χ3v) is 6.98. The number of aryl methyl sites for hydroxylation is 1. The van der Waals surface area contributed by atoms with Crippen LogP contribution in [0, 0.1) is 12.8 Å². The van der Waals surface area contributed by atoms with Gasteiger partial charge in [0.2, 0.25) is 11.8 Å². The molecule has 1 aliphatic rings. The van der Waals surface area contributed by atoms with Crippen molar-refractivity contribution in [1.29, 1.82) is 0 Å². The van der Waals surface area contributed by atoms with Crippen LogP contribution >= 0.6 is 22.9 Å². The highest BCUT2D eigenvalue weighted by molar-refractivity contribution is 7.22. The number of thiazole rings is 1. The summed E-state index contributed by atoms with van der Waals surface area (Å²) in [6.07, 6.45) is 2.82. The third kappa shape index (κ3) is 5.17. The smallest absolute Gasteiger partial charge is 0.273 e. The number of carbonyl (C=O) groups excluding carboxylic acids is 2. The van der Waals surface area contributed by atoms with Crippen LogP contribution in [0.3, 0.4) is 0 Å². The minimum Gasteiger partial charge on any atom is -0.356 e. The Morgan fingerprint density at radius 3 is 2.76 bits per heavy atom. The van der Waals surface area contributed by atoms with Gasteiger partial charge in [-0.3, -0.25) is 19.0 Å². The van der Waals surface area contributed by atoms with Crippen LogP contribution in [-0.2, 0) is 16.1 Å². The van der Waals surface area contributed by atoms with Gasteiger partial charge in [-0.25, -0.2) is 4.98 Å². The molecule has 4 rings (SSSR count). The number of hydrogen-bond donors (Lipinski definition) is 2. The highest BCUT2D eigenvalue weighted by atomic mass is 35.5. The minimum absolute atomic E-state index is 0.00701. The lowest BCUT2D eigenvalue weighted by atomic mass is 9.96. The van der Waals surface area contributed by atoms with Crippen LogP contribution < -0.4 is 21.1 Å². The Bertz CT molecular complexity index is 1250. The number of anilines is 2. The van der Waals surface area contributed by atoms with Crippen LogP contribution in [0.25, 0.3) is 10.3 Å². The first kappa shape index (κ1) is 23.2. The largest absolute Gasteiger partial charge is 0.356 e. The normalized spacial score (nSPS) is 14.5. The zero-order valence-corrected chi connectivity index (χ0v) is 20.0. The number of rotatable bonds is 6. The topological polar surface area (TPSA) is 109 Å². The number of nitrogens with zero attached hydrogens (tertiary/aromatic N) is 4. The van der Waals surface area contributed by atoms with Crippen molar-refractivity contribution in [3.05, 3.63) is 45.5 Å². The van der Waals surface area contributed by atoms with Crippen molar-refractivity contribution in [3.8, 4) is 0 Å². The lowest BCUT2D eigenvalue weighted by Crippen LogP contribution is -2.40. The molecule has 1 aliphatic heterocycles. The average molecular weight is 489 g/mol. The molecule has 33 heavy (non-hydrogen) atoms. The fraction of sp³-hybridized carbons (Fsp3) is 0.409. The van der Waals surface area contributed by atoms with E-state index in [1.807, 2.05) is 19.9 Å². The monoisotopic (exact) mass is 488 g/mol.